The molecule has 2 aliphatic heterocycles. The highest BCUT2D eigenvalue weighted by molar-refractivity contribution is 7.13. The highest BCUT2D eigenvalue weighted by Crippen LogP contribution is 2.33. The third-order valence-electron chi connectivity index (χ3n) is 5.98. The number of hydrogen-bond acceptors (Lipinski definition) is 5. The van der Waals surface area contributed by atoms with E-state index in [1.54, 1.807) is 11.3 Å². The second-order valence-electron chi connectivity index (χ2n) is 8.45. The summed E-state index contributed by atoms with van der Waals surface area (Å²) in [6.07, 6.45) is 8.20. The van der Waals surface area contributed by atoms with E-state index in [4.69, 9.17) is 9.72 Å². The van der Waals surface area contributed by atoms with E-state index in [-0.39, 0.29) is 5.91 Å². The van der Waals surface area contributed by atoms with E-state index in [1.807, 2.05) is 4.90 Å². The van der Waals surface area contributed by atoms with Gasteiger partial charge >= 0.3 is 0 Å². The SMILES string of the molecule is CC(C)CC(=O)N1CCc2nc(OC3CCN(C4CCC4)CC3)sc2C1. The fourth-order valence-electron chi connectivity index (χ4n) is 4.17. The maximum absolute atomic E-state index is 12.3. The number of carbonyl (C=O) groups excluding carboxylic acids is 1. The monoisotopic (exact) mass is 377 g/mol. The van der Waals surface area contributed by atoms with Crippen LogP contribution in [0.25, 0.3) is 0 Å². The number of carbonyl (C=O) groups is 1. The van der Waals surface area contributed by atoms with Crippen molar-refractivity contribution >= 4 is 17.2 Å². The summed E-state index contributed by atoms with van der Waals surface area (Å²) in [5.41, 5.74) is 1.14. The van der Waals surface area contributed by atoms with E-state index >= 15 is 0 Å². The second kappa shape index (κ2) is 7.85. The van der Waals surface area contributed by atoms with E-state index in [2.05, 4.69) is 18.7 Å². The molecule has 1 aromatic heterocycles. The van der Waals surface area contributed by atoms with Crippen LogP contribution in [0.4, 0.5) is 0 Å². The summed E-state index contributed by atoms with van der Waals surface area (Å²) < 4.78 is 6.23. The number of nitrogens with zero attached hydrogens (tertiary/aromatic N) is 3. The molecule has 0 spiro atoms. The first-order valence-corrected chi connectivity index (χ1v) is 11.1. The fourth-order valence-corrected chi connectivity index (χ4v) is 5.20. The van der Waals surface area contributed by atoms with Gasteiger partial charge in [0.25, 0.3) is 5.19 Å². The average Bonchev–Trinajstić information content (AvgIpc) is 2.95. The van der Waals surface area contributed by atoms with Crippen LogP contribution in [0.5, 0.6) is 5.19 Å². The van der Waals surface area contributed by atoms with Crippen molar-refractivity contribution < 1.29 is 9.53 Å². The molecule has 2 fully saturated rings. The zero-order valence-corrected chi connectivity index (χ0v) is 16.9. The van der Waals surface area contributed by atoms with E-state index in [0.29, 0.717) is 25.0 Å². The van der Waals surface area contributed by atoms with Gasteiger partial charge in [0.2, 0.25) is 5.91 Å². The molecule has 1 amide bonds. The highest BCUT2D eigenvalue weighted by Gasteiger charge is 2.30. The lowest BCUT2D eigenvalue weighted by Crippen LogP contribution is -2.46. The van der Waals surface area contributed by atoms with Crippen LogP contribution in [0.15, 0.2) is 0 Å². The Morgan fingerprint density at radius 1 is 1.23 bits per heavy atom. The molecule has 5 nitrogen and oxygen atoms in total. The Morgan fingerprint density at radius 3 is 2.65 bits per heavy atom. The second-order valence-corrected chi connectivity index (χ2v) is 9.50. The molecule has 0 unspecified atom stereocenters. The van der Waals surface area contributed by atoms with Gasteiger partial charge in [-0.3, -0.25) is 4.79 Å². The standard InChI is InChI=1S/C20H31N3O2S/c1-14(2)12-19(24)23-11-8-17-18(13-23)26-20(21-17)25-16-6-9-22(10-7-16)15-4-3-5-15/h14-16H,3-13H2,1-2H3. The Hall–Kier alpha value is -1.14. The van der Waals surface area contributed by atoms with Gasteiger partial charge < -0.3 is 14.5 Å². The predicted octanol–water partition coefficient (Wildman–Crippen LogP) is 3.47. The van der Waals surface area contributed by atoms with Crippen molar-refractivity contribution in [1.82, 2.24) is 14.8 Å². The van der Waals surface area contributed by atoms with Crippen LogP contribution in [-0.4, -0.2) is 52.5 Å². The number of fused-ring (bicyclic) bond motifs is 1. The highest BCUT2D eigenvalue weighted by atomic mass is 32.1. The summed E-state index contributed by atoms with van der Waals surface area (Å²) in [4.78, 5) is 22.9. The Bertz CT molecular complexity index is 633. The van der Waals surface area contributed by atoms with Crippen molar-refractivity contribution in [2.45, 2.75) is 77.5 Å². The zero-order valence-electron chi connectivity index (χ0n) is 16.1. The molecule has 1 saturated heterocycles. The molecule has 3 aliphatic rings. The van der Waals surface area contributed by atoms with Crippen molar-refractivity contribution in [2.75, 3.05) is 19.6 Å². The smallest absolute Gasteiger partial charge is 0.273 e. The number of likely N-dealkylation sites (tertiary alicyclic amines) is 1. The molecule has 0 radical (unpaired) electrons. The zero-order chi connectivity index (χ0) is 18.1. The van der Waals surface area contributed by atoms with Crippen molar-refractivity contribution in [2.24, 2.45) is 5.92 Å². The molecule has 6 heteroatoms. The summed E-state index contributed by atoms with van der Waals surface area (Å²) in [6, 6.07) is 0.845. The molecule has 0 bridgehead atoms. The summed E-state index contributed by atoms with van der Waals surface area (Å²) in [5, 5.41) is 0.815. The molecule has 0 N–H and O–H groups in total. The van der Waals surface area contributed by atoms with Gasteiger partial charge in [0.15, 0.2) is 0 Å². The minimum Gasteiger partial charge on any atom is -0.467 e. The average molecular weight is 378 g/mol. The van der Waals surface area contributed by atoms with Crippen LogP contribution in [0.3, 0.4) is 0 Å². The van der Waals surface area contributed by atoms with Gasteiger partial charge in [-0.2, -0.15) is 0 Å². The van der Waals surface area contributed by atoms with E-state index in [0.717, 1.165) is 55.8 Å². The molecule has 1 aromatic rings. The molecular formula is C20H31N3O2S. The Morgan fingerprint density at radius 2 is 2.00 bits per heavy atom. The first-order chi connectivity index (χ1) is 12.6. The third kappa shape index (κ3) is 4.06. The molecule has 1 aliphatic carbocycles. The van der Waals surface area contributed by atoms with Gasteiger partial charge in [0.05, 0.1) is 17.1 Å². The summed E-state index contributed by atoms with van der Waals surface area (Å²) in [6.45, 7) is 8.03. The van der Waals surface area contributed by atoms with E-state index < -0.39 is 0 Å². The van der Waals surface area contributed by atoms with Gasteiger partial charge in [-0.05, 0) is 31.6 Å². The summed E-state index contributed by atoms with van der Waals surface area (Å²) in [5.74, 6) is 0.680. The van der Waals surface area contributed by atoms with Crippen LogP contribution >= 0.6 is 11.3 Å². The molecule has 144 valence electrons. The number of piperidine rings is 1. The van der Waals surface area contributed by atoms with Gasteiger partial charge in [0, 0.05) is 38.5 Å². The van der Waals surface area contributed by atoms with Crippen molar-refractivity contribution in [3.8, 4) is 5.19 Å². The molecule has 26 heavy (non-hydrogen) atoms. The number of ether oxygens (including phenoxy) is 1. The molecular weight excluding hydrogens is 346 g/mol. The molecule has 1 saturated carbocycles. The van der Waals surface area contributed by atoms with Crippen molar-refractivity contribution in [3.63, 3.8) is 0 Å². The largest absolute Gasteiger partial charge is 0.467 e. The van der Waals surface area contributed by atoms with Crippen LogP contribution < -0.4 is 4.74 Å². The number of aromatic nitrogens is 1. The van der Waals surface area contributed by atoms with Crippen LogP contribution in [-0.2, 0) is 17.8 Å². The van der Waals surface area contributed by atoms with Gasteiger partial charge in [-0.25, -0.2) is 4.98 Å². The molecule has 3 heterocycles. The molecule has 4 rings (SSSR count). The minimum atomic E-state index is 0.268. The van der Waals surface area contributed by atoms with E-state index in [1.165, 1.54) is 24.1 Å². The van der Waals surface area contributed by atoms with Crippen molar-refractivity contribution in [3.05, 3.63) is 10.6 Å². The lowest BCUT2D eigenvalue weighted by molar-refractivity contribution is -0.132. The Labute approximate surface area is 160 Å². The van der Waals surface area contributed by atoms with Gasteiger partial charge in [-0.1, -0.05) is 31.6 Å². The topological polar surface area (TPSA) is 45.7 Å². The number of thiazole rings is 1. The first kappa shape index (κ1) is 18.2. The van der Waals surface area contributed by atoms with Crippen LogP contribution in [0, 0.1) is 5.92 Å². The normalized spacial score (nSPS) is 22.3. The number of hydrogen-bond donors (Lipinski definition) is 0. The summed E-state index contributed by atoms with van der Waals surface area (Å²) >= 11 is 1.65. The lowest BCUT2D eigenvalue weighted by Gasteiger charge is -2.41. The maximum atomic E-state index is 12.3. The number of rotatable bonds is 5. The molecule has 0 aromatic carbocycles. The van der Waals surface area contributed by atoms with Crippen LogP contribution in [0.2, 0.25) is 0 Å². The van der Waals surface area contributed by atoms with Crippen LogP contribution in [0.1, 0.15) is 62.9 Å². The quantitative estimate of drug-likeness (QED) is 0.788. The number of amides is 1. The van der Waals surface area contributed by atoms with Crippen molar-refractivity contribution in [1.29, 1.82) is 0 Å². The first-order valence-electron chi connectivity index (χ1n) is 10.3. The fraction of sp³-hybridized carbons (Fsp3) is 0.800. The predicted molar refractivity (Wildman–Crippen MR) is 104 cm³/mol. The van der Waals surface area contributed by atoms with E-state index in [9.17, 15) is 4.79 Å². The minimum absolute atomic E-state index is 0.268. The summed E-state index contributed by atoms with van der Waals surface area (Å²) in [7, 11) is 0. The maximum Gasteiger partial charge on any atom is 0.273 e. The Kier molecular flexibility index (Phi) is 5.50. The third-order valence-corrected chi connectivity index (χ3v) is 6.96. The van der Waals surface area contributed by atoms with Gasteiger partial charge in [0.1, 0.15) is 6.10 Å². The molecule has 0 atom stereocenters. The van der Waals surface area contributed by atoms with Gasteiger partial charge in [-0.15, -0.1) is 0 Å². The Balaban J connectivity index is 1.30. The lowest BCUT2D eigenvalue weighted by atomic mass is 9.90.